The molecule has 28 heavy (non-hydrogen) atoms. The number of aromatic amines is 1. The van der Waals surface area contributed by atoms with Crippen molar-refractivity contribution in [2.75, 3.05) is 13.1 Å². The van der Waals surface area contributed by atoms with Crippen LogP contribution in [0.25, 0.3) is 27.9 Å². The summed E-state index contributed by atoms with van der Waals surface area (Å²) in [6, 6.07) is 6.60. The highest BCUT2D eigenvalue weighted by Crippen LogP contribution is 2.36. The zero-order valence-electron chi connectivity index (χ0n) is 16.7. The van der Waals surface area contributed by atoms with E-state index in [1.807, 2.05) is 4.40 Å². The summed E-state index contributed by atoms with van der Waals surface area (Å²) in [7, 11) is 0. The Morgan fingerprint density at radius 2 is 2.00 bits per heavy atom. The average molecular weight is 374 g/mol. The summed E-state index contributed by atoms with van der Waals surface area (Å²) in [5, 5.41) is 11.7. The standard InChI is InChI=1S/C22H26N6/c1-13(2)19-20(16-10-14(3)22-27-24-12-28(22)11-16)26-18-5-4-17(25-21(18)19)15-6-8-23-9-7-15/h4-5,10-13,15,23,26H,6-9H2,1-3H3. The molecule has 5 heterocycles. The maximum absolute atomic E-state index is 5.15. The van der Waals surface area contributed by atoms with E-state index >= 15 is 0 Å². The maximum atomic E-state index is 5.15. The third-order valence-electron chi connectivity index (χ3n) is 5.90. The molecule has 1 fully saturated rings. The van der Waals surface area contributed by atoms with Gasteiger partial charge in [-0.1, -0.05) is 13.8 Å². The first-order chi connectivity index (χ1) is 13.6. The van der Waals surface area contributed by atoms with Gasteiger partial charge in [0, 0.05) is 28.9 Å². The number of aryl methyl sites for hydroxylation is 1. The Kier molecular flexibility index (Phi) is 4.16. The molecule has 1 aliphatic heterocycles. The molecule has 0 bridgehead atoms. The molecule has 0 amide bonds. The third kappa shape index (κ3) is 2.79. The van der Waals surface area contributed by atoms with Gasteiger partial charge in [-0.15, -0.1) is 10.2 Å². The molecule has 144 valence electrons. The fraction of sp³-hybridized carbons (Fsp3) is 0.409. The van der Waals surface area contributed by atoms with Crippen LogP contribution in [0, 0.1) is 6.92 Å². The van der Waals surface area contributed by atoms with Crippen LogP contribution in [0.5, 0.6) is 0 Å². The second kappa shape index (κ2) is 6.71. The largest absolute Gasteiger partial charge is 0.353 e. The quantitative estimate of drug-likeness (QED) is 0.565. The summed E-state index contributed by atoms with van der Waals surface area (Å²) in [4.78, 5) is 8.80. The fourth-order valence-electron chi connectivity index (χ4n) is 4.48. The third-order valence-corrected chi connectivity index (χ3v) is 5.90. The van der Waals surface area contributed by atoms with Crippen LogP contribution in [0.4, 0.5) is 0 Å². The van der Waals surface area contributed by atoms with E-state index in [9.17, 15) is 0 Å². The molecule has 0 aliphatic carbocycles. The second-order valence-corrected chi connectivity index (χ2v) is 8.20. The van der Waals surface area contributed by atoms with Crippen molar-refractivity contribution >= 4 is 16.7 Å². The van der Waals surface area contributed by atoms with E-state index in [1.165, 1.54) is 11.3 Å². The van der Waals surface area contributed by atoms with Crippen LogP contribution in [0.15, 0.2) is 30.7 Å². The number of H-pyrrole nitrogens is 1. The topological polar surface area (TPSA) is 70.9 Å². The monoisotopic (exact) mass is 374 g/mol. The van der Waals surface area contributed by atoms with Crippen molar-refractivity contribution in [3.05, 3.63) is 47.5 Å². The van der Waals surface area contributed by atoms with Gasteiger partial charge in [-0.3, -0.25) is 9.38 Å². The molecule has 0 atom stereocenters. The van der Waals surface area contributed by atoms with E-state index in [1.54, 1.807) is 6.33 Å². The average Bonchev–Trinajstić information content (AvgIpc) is 3.32. The highest BCUT2D eigenvalue weighted by Gasteiger charge is 2.21. The highest BCUT2D eigenvalue weighted by molar-refractivity contribution is 5.88. The number of pyridine rings is 2. The van der Waals surface area contributed by atoms with Crippen molar-refractivity contribution in [2.45, 2.75) is 45.4 Å². The fourth-order valence-corrected chi connectivity index (χ4v) is 4.48. The minimum atomic E-state index is 0.372. The van der Waals surface area contributed by atoms with Gasteiger partial charge in [0.05, 0.1) is 16.7 Å². The van der Waals surface area contributed by atoms with Gasteiger partial charge < -0.3 is 10.3 Å². The van der Waals surface area contributed by atoms with Crippen molar-refractivity contribution in [1.82, 2.24) is 29.9 Å². The van der Waals surface area contributed by atoms with Gasteiger partial charge >= 0.3 is 0 Å². The number of nitrogens with one attached hydrogen (secondary N) is 2. The molecule has 2 N–H and O–H groups in total. The molecule has 6 heteroatoms. The van der Waals surface area contributed by atoms with Crippen LogP contribution < -0.4 is 5.32 Å². The van der Waals surface area contributed by atoms with Crippen molar-refractivity contribution in [1.29, 1.82) is 0 Å². The first kappa shape index (κ1) is 17.4. The second-order valence-electron chi connectivity index (χ2n) is 8.20. The SMILES string of the molecule is Cc1cc(-c2[nH]c3ccc(C4CCNCC4)nc3c2C(C)C)cn2cnnc12. The molecular formula is C22H26N6. The molecule has 0 saturated carbocycles. The summed E-state index contributed by atoms with van der Waals surface area (Å²) in [5.74, 6) is 0.927. The summed E-state index contributed by atoms with van der Waals surface area (Å²) >= 11 is 0. The summed E-state index contributed by atoms with van der Waals surface area (Å²) < 4.78 is 1.99. The number of hydrogen-bond donors (Lipinski definition) is 2. The number of aromatic nitrogens is 5. The molecule has 0 unspecified atom stereocenters. The predicted octanol–water partition coefficient (Wildman–Crippen LogP) is 4.17. The summed E-state index contributed by atoms with van der Waals surface area (Å²) in [5.41, 5.74) is 9.06. The highest BCUT2D eigenvalue weighted by atomic mass is 15.2. The molecule has 1 saturated heterocycles. The first-order valence-electron chi connectivity index (χ1n) is 10.2. The molecule has 6 nitrogen and oxygen atoms in total. The number of nitrogens with zero attached hydrogens (tertiary/aromatic N) is 4. The zero-order chi connectivity index (χ0) is 19.3. The minimum absolute atomic E-state index is 0.372. The lowest BCUT2D eigenvalue weighted by Gasteiger charge is -2.22. The normalized spacial score (nSPS) is 15.9. The lowest BCUT2D eigenvalue weighted by Crippen LogP contribution is -2.27. The van der Waals surface area contributed by atoms with Gasteiger partial charge in [0.15, 0.2) is 5.65 Å². The van der Waals surface area contributed by atoms with Gasteiger partial charge in [0.1, 0.15) is 6.33 Å². The summed E-state index contributed by atoms with van der Waals surface area (Å²) in [6.45, 7) is 8.74. The number of fused-ring (bicyclic) bond motifs is 2. The molecule has 5 rings (SSSR count). The van der Waals surface area contributed by atoms with E-state index in [0.717, 1.165) is 59.4 Å². The van der Waals surface area contributed by atoms with Crippen molar-refractivity contribution in [3.8, 4) is 11.3 Å². The Morgan fingerprint density at radius 1 is 1.18 bits per heavy atom. The van der Waals surface area contributed by atoms with Gasteiger partial charge in [-0.2, -0.15) is 0 Å². The van der Waals surface area contributed by atoms with Crippen LogP contribution in [-0.4, -0.2) is 37.7 Å². The number of hydrogen-bond acceptors (Lipinski definition) is 4. The van der Waals surface area contributed by atoms with E-state index < -0.39 is 0 Å². The van der Waals surface area contributed by atoms with Gasteiger partial charge in [0.25, 0.3) is 0 Å². The van der Waals surface area contributed by atoms with Gasteiger partial charge in [-0.25, -0.2) is 0 Å². The predicted molar refractivity (Wildman–Crippen MR) is 112 cm³/mol. The molecule has 4 aromatic heterocycles. The molecule has 0 radical (unpaired) electrons. The Morgan fingerprint density at radius 3 is 2.79 bits per heavy atom. The first-order valence-corrected chi connectivity index (χ1v) is 10.2. The van der Waals surface area contributed by atoms with Crippen LogP contribution in [0.1, 0.15) is 55.3 Å². The van der Waals surface area contributed by atoms with E-state index in [-0.39, 0.29) is 0 Å². The van der Waals surface area contributed by atoms with E-state index in [0.29, 0.717) is 11.8 Å². The number of piperidine rings is 1. The molecule has 0 spiro atoms. The molecule has 1 aliphatic rings. The van der Waals surface area contributed by atoms with Crippen molar-refractivity contribution in [3.63, 3.8) is 0 Å². The van der Waals surface area contributed by atoms with Crippen LogP contribution in [0.3, 0.4) is 0 Å². The van der Waals surface area contributed by atoms with Gasteiger partial charge in [-0.05, 0) is 62.5 Å². The Bertz CT molecular complexity index is 1150. The van der Waals surface area contributed by atoms with E-state index in [2.05, 4.69) is 65.7 Å². The van der Waals surface area contributed by atoms with E-state index in [4.69, 9.17) is 4.98 Å². The Labute approximate surface area is 164 Å². The maximum Gasteiger partial charge on any atom is 0.163 e. The summed E-state index contributed by atoms with van der Waals surface area (Å²) in [6.07, 6.45) is 6.19. The zero-order valence-corrected chi connectivity index (χ0v) is 16.7. The van der Waals surface area contributed by atoms with Crippen LogP contribution in [-0.2, 0) is 0 Å². The Hall–Kier alpha value is -2.73. The molecule has 4 aromatic rings. The lowest BCUT2D eigenvalue weighted by atomic mass is 9.93. The van der Waals surface area contributed by atoms with Crippen LogP contribution in [0.2, 0.25) is 0 Å². The molecule has 0 aromatic carbocycles. The molecular weight excluding hydrogens is 348 g/mol. The van der Waals surface area contributed by atoms with Crippen molar-refractivity contribution in [2.24, 2.45) is 0 Å². The smallest absolute Gasteiger partial charge is 0.163 e. The van der Waals surface area contributed by atoms with Crippen LogP contribution >= 0.6 is 0 Å². The Balaban J connectivity index is 1.68. The lowest BCUT2D eigenvalue weighted by molar-refractivity contribution is 0.454. The van der Waals surface area contributed by atoms with Gasteiger partial charge in [0.2, 0.25) is 0 Å². The minimum Gasteiger partial charge on any atom is -0.353 e. The van der Waals surface area contributed by atoms with Crippen molar-refractivity contribution < 1.29 is 0 Å². The number of rotatable bonds is 3.